The molecule has 5 nitrogen and oxygen atoms in total. The van der Waals surface area contributed by atoms with E-state index < -0.39 is 21.2 Å². The van der Waals surface area contributed by atoms with E-state index in [1.807, 2.05) is 0 Å². The molecule has 0 aromatic carbocycles. The summed E-state index contributed by atoms with van der Waals surface area (Å²) in [5.41, 5.74) is 0.729. The van der Waals surface area contributed by atoms with Crippen molar-refractivity contribution >= 4 is 43.8 Å². The smallest absolute Gasteiger partial charge is 0.312 e. The molecule has 0 spiro atoms. The molecular formula is C14H18Br2O5. The number of carbonyl (C=O) groups excluding carboxylic acids is 2. The van der Waals surface area contributed by atoms with Crippen LogP contribution in [0.25, 0.3) is 0 Å². The zero-order valence-corrected chi connectivity index (χ0v) is 15.5. The fraction of sp³-hybridized carbons (Fsp3) is 0.571. The van der Waals surface area contributed by atoms with Gasteiger partial charge in [-0.15, -0.1) is 0 Å². The highest BCUT2D eigenvalue weighted by Crippen LogP contribution is 2.45. The van der Waals surface area contributed by atoms with Gasteiger partial charge in [0.05, 0.1) is 24.5 Å². The summed E-state index contributed by atoms with van der Waals surface area (Å²) in [6, 6.07) is 0. The van der Waals surface area contributed by atoms with Crippen LogP contribution >= 0.6 is 31.9 Å². The molecule has 0 bridgehead atoms. The lowest BCUT2D eigenvalue weighted by molar-refractivity contribution is -0.148. The number of esters is 2. The predicted molar refractivity (Wildman–Crippen MR) is 85.1 cm³/mol. The van der Waals surface area contributed by atoms with E-state index in [-0.39, 0.29) is 5.97 Å². The normalized spacial score (nSPS) is 26.3. The number of alkyl halides is 2. The van der Waals surface area contributed by atoms with Crippen LogP contribution in [0.15, 0.2) is 23.5 Å². The van der Waals surface area contributed by atoms with Crippen molar-refractivity contribution in [2.75, 3.05) is 13.7 Å². The molecule has 0 fully saturated rings. The summed E-state index contributed by atoms with van der Waals surface area (Å²) in [5, 5.41) is 0. The van der Waals surface area contributed by atoms with Gasteiger partial charge in [0.1, 0.15) is 0 Å². The first kappa shape index (κ1) is 18.2. The average Bonchev–Trinajstić information content (AvgIpc) is 2.40. The van der Waals surface area contributed by atoms with Gasteiger partial charge >= 0.3 is 11.9 Å². The van der Waals surface area contributed by atoms with Crippen molar-refractivity contribution in [3.05, 3.63) is 23.5 Å². The Hall–Kier alpha value is -0.820. The van der Waals surface area contributed by atoms with E-state index in [4.69, 9.17) is 14.2 Å². The molecule has 0 N–H and O–H groups in total. The lowest BCUT2D eigenvalue weighted by atomic mass is 9.90. The predicted octanol–water partition coefficient (Wildman–Crippen LogP) is 3.07. The van der Waals surface area contributed by atoms with Crippen LogP contribution in [0.3, 0.4) is 0 Å². The van der Waals surface area contributed by atoms with Gasteiger partial charge in [-0.25, -0.2) is 0 Å². The number of hydrogen-bond acceptors (Lipinski definition) is 5. The van der Waals surface area contributed by atoms with Crippen molar-refractivity contribution in [3.8, 4) is 0 Å². The van der Waals surface area contributed by atoms with E-state index in [1.54, 1.807) is 26.0 Å². The highest BCUT2D eigenvalue weighted by Gasteiger charge is 2.48. The Morgan fingerprint density at radius 3 is 2.52 bits per heavy atom. The number of methoxy groups -OCH3 is 1. The van der Waals surface area contributed by atoms with Gasteiger partial charge < -0.3 is 14.2 Å². The van der Waals surface area contributed by atoms with Crippen molar-refractivity contribution in [2.45, 2.75) is 30.1 Å². The van der Waals surface area contributed by atoms with Gasteiger partial charge in [0.2, 0.25) is 4.51 Å². The molecule has 118 valence electrons. The largest absolute Gasteiger partial charge is 0.496 e. The van der Waals surface area contributed by atoms with Crippen molar-refractivity contribution in [2.24, 2.45) is 5.92 Å². The molecule has 0 aromatic rings. The Morgan fingerprint density at radius 1 is 1.43 bits per heavy atom. The Labute approximate surface area is 140 Å². The fourth-order valence-corrected chi connectivity index (χ4v) is 3.65. The van der Waals surface area contributed by atoms with Crippen LogP contribution in [0.4, 0.5) is 0 Å². The van der Waals surface area contributed by atoms with Crippen LogP contribution in [0.1, 0.15) is 20.8 Å². The first-order valence-corrected chi connectivity index (χ1v) is 8.14. The van der Waals surface area contributed by atoms with E-state index in [0.29, 0.717) is 12.4 Å². The molecule has 1 rings (SSSR count). The summed E-state index contributed by atoms with van der Waals surface area (Å²) in [5.74, 6) is -0.847. The minimum atomic E-state index is -1.20. The number of carbonyl (C=O) groups is 2. The van der Waals surface area contributed by atoms with Crippen LogP contribution in [0, 0.1) is 5.92 Å². The number of allylic oxidation sites excluding steroid dienone is 2. The van der Waals surface area contributed by atoms with Gasteiger partial charge in [0.25, 0.3) is 0 Å². The standard InChI is InChI=1S/C14H18Br2O5/c1-5-20-13(18)8(2)10-6-7-11(19-4)14(16,12(10)15)21-9(3)17/h6-8,12H,5H2,1-4H3. The Balaban J connectivity index is 3.14. The molecule has 0 saturated heterocycles. The second kappa shape index (κ2) is 7.45. The summed E-state index contributed by atoms with van der Waals surface area (Å²) in [4.78, 5) is 22.8. The van der Waals surface area contributed by atoms with E-state index in [1.165, 1.54) is 14.0 Å². The third kappa shape index (κ3) is 3.88. The second-order valence-electron chi connectivity index (χ2n) is 4.48. The maximum atomic E-state index is 11.9. The Bertz CT molecular complexity index is 486. The molecular weight excluding hydrogens is 408 g/mol. The summed E-state index contributed by atoms with van der Waals surface area (Å²) in [6.07, 6.45) is 3.43. The van der Waals surface area contributed by atoms with Crippen LogP contribution in [-0.2, 0) is 23.8 Å². The molecule has 0 radical (unpaired) electrons. The first-order valence-electron chi connectivity index (χ1n) is 6.43. The van der Waals surface area contributed by atoms with E-state index in [9.17, 15) is 9.59 Å². The minimum absolute atomic E-state index is 0.311. The van der Waals surface area contributed by atoms with Crippen LogP contribution in [-0.4, -0.2) is 35.0 Å². The summed E-state index contributed by atoms with van der Waals surface area (Å²) >= 11 is 6.90. The number of ether oxygens (including phenoxy) is 3. The molecule has 0 heterocycles. The molecule has 7 heteroatoms. The zero-order chi connectivity index (χ0) is 16.2. The van der Waals surface area contributed by atoms with Crippen molar-refractivity contribution in [3.63, 3.8) is 0 Å². The van der Waals surface area contributed by atoms with Gasteiger partial charge in [-0.1, -0.05) is 22.0 Å². The van der Waals surface area contributed by atoms with Gasteiger partial charge in [-0.05, 0) is 41.4 Å². The average molecular weight is 426 g/mol. The number of rotatable bonds is 5. The molecule has 3 unspecified atom stereocenters. The molecule has 1 aliphatic carbocycles. The summed E-state index contributed by atoms with van der Waals surface area (Å²) in [6.45, 7) is 5.11. The quantitative estimate of drug-likeness (QED) is 0.500. The maximum absolute atomic E-state index is 11.9. The van der Waals surface area contributed by atoms with Gasteiger partial charge in [0.15, 0.2) is 5.76 Å². The third-order valence-electron chi connectivity index (χ3n) is 3.03. The zero-order valence-electron chi connectivity index (χ0n) is 12.3. The van der Waals surface area contributed by atoms with Crippen LogP contribution in [0.5, 0.6) is 0 Å². The van der Waals surface area contributed by atoms with Crippen molar-refractivity contribution < 1.29 is 23.8 Å². The van der Waals surface area contributed by atoms with E-state index >= 15 is 0 Å². The molecule has 1 aliphatic rings. The highest BCUT2D eigenvalue weighted by atomic mass is 79.9. The van der Waals surface area contributed by atoms with E-state index in [2.05, 4.69) is 31.9 Å². The fourth-order valence-electron chi connectivity index (χ4n) is 1.99. The molecule has 0 amide bonds. The molecule has 21 heavy (non-hydrogen) atoms. The monoisotopic (exact) mass is 424 g/mol. The number of halogens is 2. The minimum Gasteiger partial charge on any atom is -0.496 e. The van der Waals surface area contributed by atoms with Gasteiger partial charge in [-0.3, -0.25) is 9.59 Å². The lowest BCUT2D eigenvalue weighted by Crippen LogP contribution is -2.44. The van der Waals surface area contributed by atoms with E-state index in [0.717, 1.165) is 5.57 Å². The lowest BCUT2D eigenvalue weighted by Gasteiger charge is -2.37. The first-order chi connectivity index (χ1) is 9.77. The third-order valence-corrected chi connectivity index (χ3v) is 5.83. The maximum Gasteiger partial charge on any atom is 0.312 e. The topological polar surface area (TPSA) is 61.8 Å². The second-order valence-corrected chi connectivity index (χ2v) is 6.57. The molecule has 0 aliphatic heterocycles. The SMILES string of the molecule is CCOC(=O)C(C)C1=CC=C(OC)C(Br)(OC(C)=O)C1Br. The van der Waals surface area contributed by atoms with Crippen LogP contribution in [0.2, 0.25) is 0 Å². The Morgan fingerprint density at radius 2 is 2.05 bits per heavy atom. The molecule has 0 saturated carbocycles. The summed E-state index contributed by atoms with van der Waals surface area (Å²) in [7, 11) is 1.48. The van der Waals surface area contributed by atoms with Crippen LogP contribution < -0.4 is 0 Å². The molecule has 0 aromatic heterocycles. The van der Waals surface area contributed by atoms with Gasteiger partial charge in [-0.2, -0.15) is 0 Å². The molecule has 3 atom stereocenters. The van der Waals surface area contributed by atoms with Crippen molar-refractivity contribution in [1.29, 1.82) is 0 Å². The summed E-state index contributed by atoms with van der Waals surface area (Å²) < 4.78 is 14.5. The number of hydrogen-bond donors (Lipinski definition) is 0. The van der Waals surface area contributed by atoms with Gasteiger partial charge in [0, 0.05) is 6.92 Å². The Kier molecular flexibility index (Phi) is 6.46. The highest BCUT2D eigenvalue weighted by molar-refractivity contribution is 9.12. The van der Waals surface area contributed by atoms with Crippen molar-refractivity contribution in [1.82, 2.24) is 0 Å².